The lowest BCUT2D eigenvalue weighted by atomic mass is 10.1. The van der Waals surface area contributed by atoms with Crippen molar-refractivity contribution in [2.45, 2.75) is 24.9 Å². The van der Waals surface area contributed by atoms with Gasteiger partial charge in [-0.05, 0) is 25.2 Å². The topological polar surface area (TPSA) is 73.3 Å². The summed E-state index contributed by atoms with van der Waals surface area (Å²) in [7, 11) is 1.54. The molecule has 8 heteroatoms. The van der Waals surface area contributed by atoms with E-state index < -0.39 is 0 Å². The summed E-state index contributed by atoms with van der Waals surface area (Å²) in [4.78, 5) is 20.8. The summed E-state index contributed by atoms with van der Waals surface area (Å²) in [6.45, 7) is 0. The minimum atomic E-state index is -0.384. The molecule has 1 N–H and O–H groups in total. The Balaban J connectivity index is 1.41. The molecule has 1 amide bonds. The number of hydrogen-bond donors (Lipinski definition) is 1. The number of rotatable bonds is 5. The maximum absolute atomic E-state index is 12.7. The lowest BCUT2D eigenvalue weighted by molar-refractivity contribution is 0.102. The van der Waals surface area contributed by atoms with Crippen LogP contribution in [0.3, 0.4) is 0 Å². The van der Waals surface area contributed by atoms with Crippen molar-refractivity contribution in [3.05, 3.63) is 40.3 Å². The Kier molecular flexibility index (Phi) is 3.78. The van der Waals surface area contributed by atoms with Crippen LogP contribution in [0.5, 0.6) is 11.6 Å². The normalized spacial score (nSPS) is 29.5. The van der Waals surface area contributed by atoms with Gasteiger partial charge in [-0.25, -0.2) is 4.98 Å². The first-order chi connectivity index (χ1) is 13.0. The number of halogens is 2. The average Bonchev–Trinajstić information content (AvgIpc) is 3.09. The molecule has 2 heterocycles. The van der Waals surface area contributed by atoms with Crippen molar-refractivity contribution in [3.8, 4) is 11.6 Å². The van der Waals surface area contributed by atoms with Crippen LogP contribution in [0, 0.1) is 17.8 Å². The van der Waals surface area contributed by atoms with Gasteiger partial charge in [-0.2, -0.15) is 0 Å². The molecule has 0 aromatic carbocycles. The third-order valence-corrected chi connectivity index (χ3v) is 6.65. The Morgan fingerprint density at radius 3 is 2.52 bits per heavy atom. The Hall–Kier alpha value is -2.05. The van der Waals surface area contributed by atoms with Crippen LogP contribution in [-0.2, 0) is 0 Å². The van der Waals surface area contributed by atoms with Gasteiger partial charge in [0.1, 0.15) is 5.60 Å². The smallest absolute Gasteiger partial charge is 0.257 e. The molecule has 2 aromatic rings. The molecular weight excluding hydrogens is 389 g/mol. The molecule has 2 unspecified atom stereocenters. The Labute approximate surface area is 166 Å². The van der Waals surface area contributed by atoms with Gasteiger partial charge in [0.05, 0.1) is 28.4 Å². The van der Waals surface area contributed by atoms with E-state index >= 15 is 0 Å². The number of pyridine rings is 2. The maximum Gasteiger partial charge on any atom is 0.257 e. The molecule has 4 saturated carbocycles. The highest BCUT2D eigenvalue weighted by atomic mass is 35.5. The maximum atomic E-state index is 12.7. The number of methoxy groups -OCH3 is 1. The van der Waals surface area contributed by atoms with E-state index in [1.807, 2.05) is 0 Å². The molecule has 140 valence electrons. The standard InChI is InChI=1S/C19H17Cl2N3O3/c1-26-18-15(27-19-5-9-2-11(19)12(19)3-9)4-10(6-23-18)17(25)24-16-13(20)7-22-8-14(16)21/h4,6-9,11-12H,2-3,5H2,1H3,(H,22,24,25). The predicted octanol–water partition coefficient (Wildman–Crippen LogP) is 4.22. The molecule has 4 aliphatic carbocycles. The molecule has 27 heavy (non-hydrogen) atoms. The molecule has 6 nitrogen and oxygen atoms in total. The van der Waals surface area contributed by atoms with E-state index in [9.17, 15) is 4.79 Å². The first-order valence-electron chi connectivity index (χ1n) is 8.85. The highest BCUT2D eigenvalue weighted by Gasteiger charge is 2.77. The number of aromatic nitrogens is 2. The van der Waals surface area contributed by atoms with Crippen LogP contribution in [-0.4, -0.2) is 28.6 Å². The van der Waals surface area contributed by atoms with E-state index in [1.165, 1.54) is 31.4 Å². The monoisotopic (exact) mass is 405 g/mol. The van der Waals surface area contributed by atoms with E-state index in [1.54, 1.807) is 13.2 Å². The summed E-state index contributed by atoms with van der Waals surface area (Å²) < 4.78 is 11.7. The van der Waals surface area contributed by atoms with Gasteiger partial charge in [-0.3, -0.25) is 9.78 Å². The third-order valence-electron chi connectivity index (χ3n) is 6.08. The molecule has 0 radical (unpaired) electrons. The van der Waals surface area contributed by atoms with Gasteiger partial charge in [-0.15, -0.1) is 0 Å². The number of carbonyl (C=O) groups excluding carboxylic acids is 1. The lowest BCUT2D eigenvalue weighted by Gasteiger charge is -2.18. The van der Waals surface area contributed by atoms with Crippen molar-refractivity contribution in [1.29, 1.82) is 0 Å². The number of hydrogen-bond acceptors (Lipinski definition) is 5. The zero-order valence-electron chi connectivity index (χ0n) is 14.5. The predicted molar refractivity (Wildman–Crippen MR) is 101 cm³/mol. The molecule has 0 spiro atoms. The van der Waals surface area contributed by atoms with E-state index in [0.29, 0.717) is 34.7 Å². The quantitative estimate of drug-likeness (QED) is 0.805. The summed E-state index contributed by atoms with van der Waals surface area (Å²) in [5.41, 5.74) is 0.578. The largest absolute Gasteiger partial charge is 0.481 e. The highest BCUT2D eigenvalue weighted by molar-refractivity contribution is 6.39. The van der Waals surface area contributed by atoms with Crippen molar-refractivity contribution in [2.24, 2.45) is 17.8 Å². The number of carbonyl (C=O) groups is 1. The van der Waals surface area contributed by atoms with Gasteiger partial charge >= 0.3 is 0 Å². The zero-order valence-corrected chi connectivity index (χ0v) is 16.0. The van der Waals surface area contributed by atoms with Crippen molar-refractivity contribution < 1.29 is 14.3 Å². The van der Waals surface area contributed by atoms with Crippen LogP contribution in [0.1, 0.15) is 29.6 Å². The van der Waals surface area contributed by atoms with Crippen molar-refractivity contribution >= 4 is 34.8 Å². The summed E-state index contributed by atoms with van der Waals surface area (Å²) in [5, 5.41) is 3.24. The van der Waals surface area contributed by atoms with Gasteiger partial charge < -0.3 is 14.8 Å². The van der Waals surface area contributed by atoms with Crippen molar-refractivity contribution in [2.75, 3.05) is 12.4 Å². The summed E-state index contributed by atoms with van der Waals surface area (Å²) in [6.07, 6.45) is 7.87. The summed E-state index contributed by atoms with van der Waals surface area (Å²) in [5.74, 6) is 2.56. The summed E-state index contributed by atoms with van der Waals surface area (Å²) in [6, 6.07) is 1.67. The lowest BCUT2D eigenvalue weighted by Crippen LogP contribution is -2.20. The second kappa shape index (κ2) is 5.97. The SMILES string of the molecule is COc1ncc(C(=O)Nc2c(Cl)cncc2Cl)cc1OC12CC3CC1C2C3. The van der Waals surface area contributed by atoms with Gasteiger partial charge in [0.2, 0.25) is 0 Å². The van der Waals surface area contributed by atoms with E-state index in [4.69, 9.17) is 32.7 Å². The summed E-state index contributed by atoms with van der Waals surface area (Å²) >= 11 is 12.2. The average molecular weight is 406 g/mol. The Morgan fingerprint density at radius 2 is 1.93 bits per heavy atom. The van der Waals surface area contributed by atoms with Gasteiger partial charge in [-0.1, -0.05) is 23.2 Å². The second-order valence-electron chi connectivity index (χ2n) is 7.48. The molecule has 6 rings (SSSR count). The molecule has 4 bridgehead atoms. The highest BCUT2D eigenvalue weighted by Crippen LogP contribution is 2.74. The third kappa shape index (κ3) is 2.57. The number of amides is 1. The number of anilines is 1. The van der Waals surface area contributed by atoms with Crippen LogP contribution >= 0.6 is 23.2 Å². The minimum absolute atomic E-state index is 0.0769. The van der Waals surface area contributed by atoms with Crippen molar-refractivity contribution in [3.63, 3.8) is 0 Å². The van der Waals surface area contributed by atoms with Crippen molar-refractivity contribution in [1.82, 2.24) is 9.97 Å². The number of nitrogens with zero attached hydrogens (tertiary/aromatic N) is 2. The van der Waals surface area contributed by atoms with Crippen LogP contribution in [0.2, 0.25) is 10.0 Å². The first kappa shape index (κ1) is 17.1. The fraction of sp³-hybridized carbons (Fsp3) is 0.421. The van der Waals surface area contributed by atoms with Crippen LogP contribution in [0.15, 0.2) is 24.7 Å². The Bertz CT molecular complexity index is 920. The van der Waals surface area contributed by atoms with E-state index in [2.05, 4.69) is 15.3 Å². The molecule has 4 fully saturated rings. The van der Waals surface area contributed by atoms with E-state index in [0.717, 1.165) is 12.3 Å². The number of nitrogens with one attached hydrogen (secondary N) is 1. The molecule has 4 aliphatic rings. The fourth-order valence-corrected chi connectivity index (χ4v) is 5.39. The molecule has 0 saturated heterocycles. The molecule has 0 aliphatic heterocycles. The van der Waals surface area contributed by atoms with Gasteiger partial charge in [0.15, 0.2) is 5.75 Å². The minimum Gasteiger partial charge on any atom is -0.481 e. The zero-order chi connectivity index (χ0) is 18.8. The molecule has 2 aromatic heterocycles. The first-order valence-corrected chi connectivity index (χ1v) is 9.61. The molecular formula is C19H17Cl2N3O3. The number of ether oxygens (including phenoxy) is 2. The van der Waals surface area contributed by atoms with Crippen LogP contribution in [0.4, 0.5) is 5.69 Å². The van der Waals surface area contributed by atoms with Crippen LogP contribution in [0.25, 0.3) is 0 Å². The van der Waals surface area contributed by atoms with Gasteiger partial charge in [0.25, 0.3) is 11.8 Å². The fourth-order valence-electron chi connectivity index (χ4n) is 4.93. The van der Waals surface area contributed by atoms with E-state index in [-0.39, 0.29) is 21.6 Å². The second-order valence-corrected chi connectivity index (χ2v) is 8.29. The molecule has 2 atom stereocenters. The van der Waals surface area contributed by atoms with Crippen LogP contribution < -0.4 is 14.8 Å². The Morgan fingerprint density at radius 1 is 1.22 bits per heavy atom. The van der Waals surface area contributed by atoms with Gasteiger partial charge in [0, 0.05) is 36.5 Å².